The molecule has 0 aliphatic rings. The highest BCUT2D eigenvalue weighted by molar-refractivity contribution is 7.12. The van der Waals surface area contributed by atoms with Crippen molar-refractivity contribution in [3.63, 3.8) is 0 Å². The molecule has 1 atom stereocenters. The summed E-state index contributed by atoms with van der Waals surface area (Å²) in [6.45, 7) is 1.63. The number of ether oxygens (including phenoxy) is 1. The van der Waals surface area contributed by atoms with Crippen LogP contribution in [0.15, 0.2) is 52.4 Å². The van der Waals surface area contributed by atoms with Crippen molar-refractivity contribution in [2.24, 2.45) is 0 Å². The molecule has 0 spiro atoms. The van der Waals surface area contributed by atoms with Crippen LogP contribution in [0, 0.1) is 0 Å². The molecule has 0 fully saturated rings. The highest BCUT2D eigenvalue weighted by Gasteiger charge is 2.18. The summed E-state index contributed by atoms with van der Waals surface area (Å²) in [7, 11) is 0. The summed E-state index contributed by atoms with van der Waals surface area (Å²) in [5.41, 5.74) is 1.80. The fraction of sp³-hybridized carbons (Fsp3) is 0.105. The number of benzene rings is 2. The lowest BCUT2D eigenvalue weighted by Crippen LogP contribution is -2.30. The molecule has 4 rings (SSSR count). The molecule has 0 bridgehead atoms. The van der Waals surface area contributed by atoms with Crippen molar-refractivity contribution in [2.45, 2.75) is 13.0 Å². The van der Waals surface area contributed by atoms with Crippen molar-refractivity contribution < 1.29 is 13.9 Å². The molecule has 0 unspecified atom stereocenters. The molecule has 2 aromatic heterocycles. The van der Waals surface area contributed by atoms with Gasteiger partial charge in [-0.15, -0.1) is 11.3 Å². The molecule has 4 aromatic rings. The summed E-state index contributed by atoms with van der Waals surface area (Å²) in [6, 6.07) is 10.2. The summed E-state index contributed by atoms with van der Waals surface area (Å²) < 4.78 is 11.3. The molecule has 1 N–H and O–H groups in total. The van der Waals surface area contributed by atoms with Gasteiger partial charge >= 0.3 is 0 Å². The molecule has 142 valence electrons. The van der Waals surface area contributed by atoms with Crippen LogP contribution in [0.5, 0.6) is 5.75 Å². The van der Waals surface area contributed by atoms with Gasteiger partial charge in [-0.25, -0.2) is 9.97 Å². The van der Waals surface area contributed by atoms with E-state index in [9.17, 15) is 4.79 Å². The van der Waals surface area contributed by atoms with Crippen LogP contribution in [0.3, 0.4) is 0 Å². The molecule has 1 amide bonds. The van der Waals surface area contributed by atoms with E-state index in [1.54, 1.807) is 49.5 Å². The van der Waals surface area contributed by atoms with Gasteiger partial charge in [-0.3, -0.25) is 4.79 Å². The van der Waals surface area contributed by atoms with E-state index in [1.807, 2.05) is 5.38 Å². The Bertz CT molecular complexity index is 1140. The van der Waals surface area contributed by atoms with Crippen LogP contribution in [0.1, 0.15) is 6.92 Å². The van der Waals surface area contributed by atoms with E-state index in [2.05, 4.69) is 15.3 Å². The zero-order valence-corrected chi connectivity index (χ0v) is 16.8. The van der Waals surface area contributed by atoms with Gasteiger partial charge in [0.1, 0.15) is 16.3 Å². The smallest absolute Gasteiger partial charge is 0.265 e. The number of aromatic nitrogens is 2. The van der Waals surface area contributed by atoms with Gasteiger partial charge in [0.25, 0.3) is 11.8 Å². The molecule has 0 aliphatic carbocycles. The van der Waals surface area contributed by atoms with E-state index in [1.165, 1.54) is 11.3 Å². The average Bonchev–Trinajstić information content (AvgIpc) is 3.34. The van der Waals surface area contributed by atoms with Crippen LogP contribution < -0.4 is 10.1 Å². The van der Waals surface area contributed by atoms with E-state index in [0.717, 1.165) is 0 Å². The van der Waals surface area contributed by atoms with Crippen LogP contribution in [0.2, 0.25) is 10.0 Å². The third kappa shape index (κ3) is 3.82. The van der Waals surface area contributed by atoms with Gasteiger partial charge < -0.3 is 14.5 Å². The monoisotopic (exact) mass is 433 g/mol. The van der Waals surface area contributed by atoms with E-state index >= 15 is 0 Å². The average molecular weight is 434 g/mol. The standard InChI is InChI=1S/C19H13Cl2N3O3S/c1-10(26-15-4-2-3-12(20)16(15)21)17(25)23-11-5-6-14-13(9-11)24-18(27-14)19-22-7-8-28-19/h2-10H,1H3,(H,23,25)/t10-/m0/s1. The summed E-state index contributed by atoms with van der Waals surface area (Å²) in [5.74, 6) is 0.455. The third-order valence-electron chi connectivity index (χ3n) is 3.86. The lowest BCUT2D eigenvalue weighted by atomic mass is 10.2. The number of hydrogen-bond donors (Lipinski definition) is 1. The number of anilines is 1. The zero-order chi connectivity index (χ0) is 19.7. The summed E-state index contributed by atoms with van der Waals surface area (Å²) in [6.07, 6.45) is 0.906. The molecule has 9 heteroatoms. The van der Waals surface area contributed by atoms with Gasteiger partial charge in [-0.05, 0) is 37.3 Å². The molecule has 6 nitrogen and oxygen atoms in total. The van der Waals surface area contributed by atoms with E-state index in [-0.39, 0.29) is 10.9 Å². The molecule has 2 aromatic carbocycles. The summed E-state index contributed by atoms with van der Waals surface area (Å²) in [4.78, 5) is 21.1. The maximum absolute atomic E-state index is 12.5. The van der Waals surface area contributed by atoms with Crippen molar-refractivity contribution in [3.05, 3.63) is 58.0 Å². The molecule has 0 saturated heterocycles. The minimum atomic E-state index is -0.783. The first kappa shape index (κ1) is 18.7. The zero-order valence-electron chi connectivity index (χ0n) is 14.5. The second-order valence-corrected chi connectivity index (χ2v) is 7.52. The summed E-state index contributed by atoms with van der Waals surface area (Å²) in [5, 5.41) is 5.97. The fourth-order valence-electron chi connectivity index (χ4n) is 2.49. The number of rotatable bonds is 5. The Morgan fingerprint density at radius 2 is 2.14 bits per heavy atom. The minimum absolute atomic E-state index is 0.266. The van der Waals surface area contributed by atoms with Crippen LogP contribution in [0.25, 0.3) is 22.0 Å². The number of nitrogens with zero attached hydrogens (tertiary/aromatic N) is 2. The van der Waals surface area contributed by atoms with E-state index < -0.39 is 6.10 Å². The Kier molecular flexibility index (Phi) is 5.21. The fourth-order valence-corrected chi connectivity index (χ4v) is 3.39. The van der Waals surface area contributed by atoms with Crippen LogP contribution in [-0.4, -0.2) is 22.0 Å². The van der Waals surface area contributed by atoms with Gasteiger partial charge in [-0.1, -0.05) is 29.3 Å². The predicted octanol–water partition coefficient (Wildman–Crippen LogP) is 5.66. The maximum Gasteiger partial charge on any atom is 0.265 e. The molecule has 0 radical (unpaired) electrons. The minimum Gasteiger partial charge on any atom is -0.479 e. The van der Waals surface area contributed by atoms with Gasteiger partial charge in [0.15, 0.2) is 16.7 Å². The first-order valence-corrected chi connectivity index (χ1v) is 9.87. The number of amides is 1. The maximum atomic E-state index is 12.5. The highest BCUT2D eigenvalue weighted by atomic mass is 35.5. The van der Waals surface area contributed by atoms with Gasteiger partial charge in [0.05, 0.1) is 5.02 Å². The topological polar surface area (TPSA) is 77.2 Å². The van der Waals surface area contributed by atoms with Crippen LogP contribution >= 0.6 is 34.5 Å². The lowest BCUT2D eigenvalue weighted by molar-refractivity contribution is -0.122. The quantitative estimate of drug-likeness (QED) is 0.438. The molecular formula is C19H13Cl2N3O3S. The van der Waals surface area contributed by atoms with Crippen LogP contribution in [0.4, 0.5) is 5.69 Å². The SMILES string of the molecule is C[C@H](Oc1cccc(Cl)c1Cl)C(=O)Nc1ccc2oc(-c3nccs3)nc2c1. The Labute approximate surface area is 174 Å². The second-order valence-electron chi connectivity index (χ2n) is 5.84. The van der Waals surface area contributed by atoms with Gasteiger partial charge in [-0.2, -0.15) is 0 Å². The predicted molar refractivity (Wildman–Crippen MR) is 110 cm³/mol. The number of nitrogens with one attached hydrogen (secondary N) is 1. The van der Waals surface area contributed by atoms with Crippen LogP contribution in [-0.2, 0) is 4.79 Å². The number of fused-ring (bicyclic) bond motifs is 1. The van der Waals surface area contributed by atoms with Gasteiger partial charge in [0, 0.05) is 17.3 Å². The van der Waals surface area contributed by atoms with E-state index in [4.69, 9.17) is 32.4 Å². The lowest BCUT2D eigenvalue weighted by Gasteiger charge is -2.16. The van der Waals surface area contributed by atoms with E-state index in [0.29, 0.717) is 38.5 Å². The number of carbonyl (C=O) groups is 1. The normalized spacial score (nSPS) is 12.1. The molecule has 28 heavy (non-hydrogen) atoms. The molecule has 0 saturated carbocycles. The Hall–Kier alpha value is -2.61. The van der Waals surface area contributed by atoms with Crippen molar-refractivity contribution in [1.29, 1.82) is 0 Å². The molecule has 2 heterocycles. The Morgan fingerprint density at radius 1 is 1.29 bits per heavy atom. The largest absolute Gasteiger partial charge is 0.479 e. The highest BCUT2D eigenvalue weighted by Crippen LogP contribution is 2.32. The number of carbonyl (C=O) groups excluding carboxylic acids is 1. The number of hydrogen-bond acceptors (Lipinski definition) is 6. The number of thiazole rings is 1. The third-order valence-corrected chi connectivity index (χ3v) is 5.42. The van der Waals surface area contributed by atoms with Crippen molar-refractivity contribution in [3.8, 4) is 16.6 Å². The van der Waals surface area contributed by atoms with Crippen molar-refractivity contribution in [2.75, 3.05) is 5.32 Å². The molecule has 0 aliphatic heterocycles. The Morgan fingerprint density at radius 3 is 2.93 bits per heavy atom. The summed E-state index contributed by atoms with van der Waals surface area (Å²) >= 11 is 13.5. The van der Waals surface area contributed by atoms with Crippen molar-refractivity contribution >= 4 is 57.2 Å². The van der Waals surface area contributed by atoms with Crippen molar-refractivity contribution in [1.82, 2.24) is 9.97 Å². The second kappa shape index (κ2) is 7.79. The first-order chi connectivity index (χ1) is 13.5. The van der Waals surface area contributed by atoms with Gasteiger partial charge in [0.2, 0.25) is 0 Å². The first-order valence-electron chi connectivity index (χ1n) is 8.23. The number of halogens is 2. The number of oxazole rings is 1. The molecular weight excluding hydrogens is 421 g/mol. The Balaban J connectivity index is 1.49.